The summed E-state index contributed by atoms with van der Waals surface area (Å²) in [5.74, 6) is -0.200. The quantitative estimate of drug-likeness (QED) is 0.0975. The molecule has 4 nitrogen and oxygen atoms in total. The van der Waals surface area contributed by atoms with E-state index in [2.05, 4.69) is 87.7 Å². The zero-order valence-electron chi connectivity index (χ0n) is 26.1. The number of esters is 1. The Morgan fingerprint density at radius 3 is 1.74 bits per heavy atom. The Bertz CT molecular complexity index is 682. The van der Waals surface area contributed by atoms with Crippen LogP contribution in [0.25, 0.3) is 0 Å². The predicted octanol–water partition coefficient (Wildman–Crippen LogP) is 9.27. The third-order valence-electron chi connectivity index (χ3n) is 8.19. The molecular weight excluding hydrogens is 468 g/mol. The molecule has 0 aliphatic heterocycles. The lowest BCUT2D eigenvalue weighted by atomic mass is 9.82. The summed E-state index contributed by atoms with van der Waals surface area (Å²) in [7, 11) is -4.01. The Kier molecular flexibility index (Phi) is 13.2. The summed E-state index contributed by atoms with van der Waals surface area (Å²) in [6.45, 7) is 33.3. The molecule has 0 heterocycles. The number of ether oxygens (including phenoxy) is 1. The molecule has 0 unspecified atom stereocenters. The molecule has 0 aromatic rings. The van der Waals surface area contributed by atoms with Gasteiger partial charge in [-0.3, -0.25) is 4.79 Å². The standard InChI is InChI=1S/C29H60O4Si2/c1-16-18-19-20-24(32-34(12,13)27(4,5)6)22-21-23(3)25(29(10,11)26(30)31-17-2)33-35(14,15)28(7,8)9/h21,24-25H,16-20,22H2,1-15H3/b23-21+/t24-,25-/m1/s1. The van der Waals surface area contributed by atoms with Crippen LogP contribution >= 0.6 is 0 Å². The average Bonchev–Trinajstić information content (AvgIpc) is 2.68. The van der Waals surface area contributed by atoms with E-state index < -0.39 is 22.0 Å². The van der Waals surface area contributed by atoms with E-state index >= 15 is 0 Å². The Balaban J connectivity index is 6.13. The lowest BCUT2D eigenvalue weighted by Gasteiger charge is -2.44. The maximum Gasteiger partial charge on any atom is 0.314 e. The highest BCUT2D eigenvalue weighted by Crippen LogP contribution is 2.42. The van der Waals surface area contributed by atoms with Gasteiger partial charge in [0, 0.05) is 6.10 Å². The first-order chi connectivity index (χ1) is 15.6. The fourth-order valence-corrected chi connectivity index (χ4v) is 6.39. The molecule has 0 aliphatic rings. The largest absolute Gasteiger partial charge is 0.465 e. The molecule has 208 valence electrons. The maximum atomic E-state index is 13.0. The van der Waals surface area contributed by atoms with Crippen LogP contribution in [0, 0.1) is 5.41 Å². The van der Waals surface area contributed by atoms with Gasteiger partial charge in [-0.2, -0.15) is 0 Å². The van der Waals surface area contributed by atoms with E-state index in [9.17, 15) is 4.79 Å². The van der Waals surface area contributed by atoms with Crippen molar-refractivity contribution in [3.8, 4) is 0 Å². The van der Waals surface area contributed by atoms with Gasteiger partial charge in [0.1, 0.15) is 0 Å². The molecule has 0 amide bonds. The summed E-state index contributed by atoms with van der Waals surface area (Å²) in [4.78, 5) is 13.0. The van der Waals surface area contributed by atoms with Gasteiger partial charge < -0.3 is 13.6 Å². The summed E-state index contributed by atoms with van der Waals surface area (Å²) >= 11 is 0. The maximum absolute atomic E-state index is 13.0. The molecule has 2 atom stereocenters. The minimum atomic E-state index is -2.13. The van der Waals surface area contributed by atoms with Gasteiger partial charge in [-0.1, -0.05) is 73.8 Å². The molecule has 0 spiro atoms. The molecule has 0 radical (unpaired) electrons. The second-order valence-electron chi connectivity index (χ2n) is 13.9. The predicted molar refractivity (Wildman–Crippen MR) is 157 cm³/mol. The lowest BCUT2D eigenvalue weighted by molar-refractivity contribution is -0.158. The molecule has 35 heavy (non-hydrogen) atoms. The zero-order chi connectivity index (χ0) is 27.9. The molecule has 0 saturated carbocycles. The van der Waals surface area contributed by atoms with Crippen molar-refractivity contribution in [1.29, 1.82) is 0 Å². The van der Waals surface area contributed by atoms with Gasteiger partial charge in [0.2, 0.25) is 0 Å². The van der Waals surface area contributed by atoms with Crippen LogP contribution in [0.15, 0.2) is 11.6 Å². The van der Waals surface area contributed by atoms with Crippen LogP contribution in [0.2, 0.25) is 36.3 Å². The highest BCUT2D eigenvalue weighted by Gasteiger charge is 2.47. The second-order valence-corrected chi connectivity index (χ2v) is 23.4. The van der Waals surface area contributed by atoms with E-state index in [1.54, 1.807) is 0 Å². The van der Waals surface area contributed by atoms with Crippen LogP contribution in [0.3, 0.4) is 0 Å². The summed E-state index contributed by atoms with van der Waals surface area (Å²) in [6, 6.07) is 0. The van der Waals surface area contributed by atoms with Crippen molar-refractivity contribution < 1.29 is 18.4 Å². The van der Waals surface area contributed by atoms with Crippen LogP contribution in [-0.4, -0.2) is 41.4 Å². The fraction of sp³-hybridized carbons (Fsp3) is 0.897. The smallest absolute Gasteiger partial charge is 0.314 e. The number of carbonyl (C=O) groups excluding carboxylic acids is 1. The van der Waals surface area contributed by atoms with Gasteiger partial charge in [0.05, 0.1) is 18.1 Å². The topological polar surface area (TPSA) is 44.8 Å². The Morgan fingerprint density at radius 2 is 1.31 bits per heavy atom. The van der Waals surface area contributed by atoms with Gasteiger partial charge in [-0.05, 0) is 82.4 Å². The van der Waals surface area contributed by atoms with E-state index in [4.69, 9.17) is 13.6 Å². The molecule has 0 bridgehead atoms. The molecular formula is C29H60O4Si2. The van der Waals surface area contributed by atoms with Crippen LogP contribution in [0.5, 0.6) is 0 Å². The molecule has 0 fully saturated rings. The first kappa shape index (κ1) is 34.6. The lowest BCUT2D eigenvalue weighted by Crippen LogP contribution is -2.51. The van der Waals surface area contributed by atoms with Gasteiger partial charge in [0.25, 0.3) is 0 Å². The summed E-state index contributed by atoms with van der Waals surface area (Å²) < 4.78 is 19.3. The number of hydrogen-bond acceptors (Lipinski definition) is 4. The summed E-state index contributed by atoms with van der Waals surface area (Å²) in [5, 5.41) is 0.221. The SMILES string of the molecule is CCCCC[C@H](C/C=C(\C)[C@@H](O[Si](C)(C)C(C)(C)C)C(C)(C)C(=O)OCC)O[Si](C)(C)C(C)(C)C. The van der Waals surface area contributed by atoms with E-state index in [1.807, 2.05) is 20.8 Å². The van der Waals surface area contributed by atoms with E-state index in [0.29, 0.717) is 6.61 Å². The van der Waals surface area contributed by atoms with Crippen LogP contribution in [0.1, 0.15) is 108 Å². The number of hydrogen-bond donors (Lipinski definition) is 0. The molecule has 0 aromatic carbocycles. The monoisotopic (exact) mass is 528 g/mol. The highest BCUT2D eigenvalue weighted by atomic mass is 28.4. The molecule has 6 heteroatoms. The van der Waals surface area contributed by atoms with Gasteiger partial charge >= 0.3 is 5.97 Å². The van der Waals surface area contributed by atoms with Crippen LogP contribution in [-0.2, 0) is 18.4 Å². The van der Waals surface area contributed by atoms with Crippen molar-refractivity contribution in [2.75, 3.05) is 6.61 Å². The minimum absolute atomic E-state index is 0.0460. The van der Waals surface area contributed by atoms with Crippen molar-refractivity contribution in [2.45, 2.75) is 157 Å². The zero-order valence-corrected chi connectivity index (χ0v) is 28.1. The first-order valence-electron chi connectivity index (χ1n) is 13.8. The van der Waals surface area contributed by atoms with Crippen LogP contribution < -0.4 is 0 Å². The van der Waals surface area contributed by atoms with Crippen molar-refractivity contribution >= 4 is 22.6 Å². The summed E-state index contributed by atoms with van der Waals surface area (Å²) in [6.07, 6.45) is 7.68. The van der Waals surface area contributed by atoms with E-state index in [-0.39, 0.29) is 28.3 Å². The molecule has 0 saturated heterocycles. The fourth-order valence-electron chi connectivity index (χ4n) is 3.57. The molecule has 0 aliphatic carbocycles. The third-order valence-corrected chi connectivity index (χ3v) is 17.2. The van der Waals surface area contributed by atoms with Crippen molar-refractivity contribution in [2.24, 2.45) is 5.41 Å². The van der Waals surface area contributed by atoms with Gasteiger partial charge in [0.15, 0.2) is 16.6 Å². The Morgan fingerprint density at radius 1 is 0.829 bits per heavy atom. The van der Waals surface area contributed by atoms with Gasteiger partial charge in [-0.15, -0.1) is 0 Å². The summed E-state index contributed by atoms with van der Waals surface area (Å²) in [5.41, 5.74) is 0.330. The normalized spacial score (nSPS) is 16.3. The Labute approximate surface area is 221 Å². The van der Waals surface area contributed by atoms with Crippen LogP contribution in [0.4, 0.5) is 0 Å². The average molecular weight is 529 g/mol. The highest BCUT2D eigenvalue weighted by molar-refractivity contribution is 6.74. The molecule has 0 aromatic heterocycles. The third kappa shape index (κ3) is 10.5. The minimum Gasteiger partial charge on any atom is -0.465 e. The first-order valence-corrected chi connectivity index (χ1v) is 19.6. The Hall–Kier alpha value is -0.436. The van der Waals surface area contributed by atoms with E-state index in [0.717, 1.165) is 18.4 Å². The van der Waals surface area contributed by atoms with Crippen molar-refractivity contribution in [3.05, 3.63) is 11.6 Å². The van der Waals surface area contributed by atoms with Gasteiger partial charge in [-0.25, -0.2) is 0 Å². The number of unbranched alkanes of at least 4 members (excludes halogenated alkanes) is 2. The molecule has 0 rings (SSSR count). The number of carbonyl (C=O) groups is 1. The van der Waals surface area contributed by atoms with Crippen molar-refractivity contribution in [3.63, 3.8) is 0 Å². The van der Waals surface area contributed by atoms with Crippen molar-refractivity contribution in [1.82, 2.24) is 0 Å². The van der Waals surface area contributed by atoms with E-state index in [1.165, 1.54) is 19.3 Å². The molecule has 0 N–H and O–H groups in total. The second kappa shape index (κ2) is 13.4. The number of rotatable bonds is 14.